The van der Waals surface area contributed by atoms with Crippen molar-refractivity contribution < 1.29 is 9.59 Å². The molecule has 5 aromatic rings. The lowest BCUT2D eigenvalue weighted by Crippen LogP contribution is -2.41. The number of para-hydroxylation sites is 2. The third kappa shape index (κ3) is 4.65. The molecular formula is C23H16BrClN6O2S. The van der Waals surface area contributed by atoms with Crippen LogP contribution < -0.4 is 15.6 Å². The fraction of sp³-hybridized carbons (Fsp3) is 0.0435. The lowest BCUT2D eigenvalue weighted by molar-refractivity contribution is -0.122. The Morgan fingerprint density at radius 1 is 0.971 bits per heavy atom. The van der Waals surface area contributed by atoms with Crippen LogP contribution in [0.15, 0.2) is 71.2 Å². The Labute approximate surface area is 211 Å². The second-order valence-electron chi connectivity index (χ2n) is 7.30. The van der Waals surface area contributed by atoms with E-state index in [9.17, 15) is 9.59 Å². The van der Waals surface area contributed by atoms with Crippen LogP contribution in [-0.2, 0) is 11.3 Å². The highest BCUT2D eigenvalue weighted by Crippen LogP contribution is 2.30. The molecule has 0 fully saturated rings. The average molecular weight is 556 g/mol. The van der Waals surface area contributed by atoms with E-state index < -0.39 is 11.1 Å². The van der Waals surface area contributed by atoms with Crippen LogP contribution in [0.5, 0.6) is 0 Å². The number of hydrogen-bond donors (Lipinski definition) is 3. The Hall–Kier alpha value is -3.34. The van der Waals surface area contributed by atoms with E-state index in [0.717, 1.165) is 38.5 Å². The summed E-state index contributed by atoms with van der Waals surface area (Å²) < 4.78 is 5.60. The predicted molar refractivity (Wildman–Crippen MR) is 140 cm³/mol. The van der Waals surface area contributed by atoms with E-state index in [1.807, 2.05) is 60.7 Å². The third-order valence-corrected chi connectivity index (χ3v) is 6.41. The fourth-order valence-electron chi connectivity index (χ4n) is 3.52. The highest BCUT2D eigenvalue weighted by molar-refractivity contribution is 9.10. The van der Waals surface area contributed by atoms with Crippen molar-refractivity contribution in [3.05, 3.63) is 76.2 Å². The lowest BCUT2D eigenvalue weighted by Gasteiger charge is -2.10. The van der Waals surface area contributed by atoms with Crippen LogP contribution in [0.1, 0.15) is 0 Å². The van der Waals surface area contributed by atoms with Gasteiger partial charge in [-0.2, -0.15) is 0 Å². The Balaban J connectivity index is 1.34. The standard InChI is InChI=1S/C23H16BrClN6O2S/c24-13-5-8-15(9-6-13)30-34-23(33)29-28-20(32)12-31-19-10-7-14(25)11-16(19)21-22(31)27-18-4-2-1-3-17(18)26-21/h1-11,30H,12H2,(H,28,32)(H,29,33). The first-order valence-corrected chi connectivity index (χ1v) is 12.1. The quantitative estimate of drug-likeness (QED) is 0.196. The Kier molecular flexibility index (Phi) is 6.27. The fourth-order valence-corrected chi connectivity index (χ4v) is 4.40. The molecule has 0 spiro atoms. The molecule has 3 N–H and O–H groups in total. The third-order valence-electron chi connectivity index (χ3n) is 5.02. The molecular weight excluding hydrogens is 540 g/mol. The van der Waals surface area contributed by atoms with E-state index >= 15 is 0 Å². The number of aromatic nitrogens is 3. The first-order chi connectivity index (χ1) is 16.5. The van der Waals surface area contributed by atoms with Gasteiger partial charge >= 0.3 is 5.24 Å². The molecule has 2 amide bonds. The van der Waals surface area contributed by atoms with Gasteiger partial charge in [0.1, 0.15) is 12.1 Å². The minimum absolute atomic E-state index is 0.0697. The average Bonchev–Trinajstić information content (AvgIpc) is 3.12. The Bertz CT molecular complexity index is 1560. The number of fused-ring (bicyclic) bond motifs is 4. The zero-order chi connectivity index (χ0) is 23.7. The summed E-state index contributed by atoms with van der Waals surface area (Å²) in [6.07, 6.45) is 0. The lowest BCUT2D eigenvalue weighted by atomic mass is 10.2. The van der Waals surface area contributed by atoms with E-state index in [4.69, 9.17) is 21.6 Å². The van der Waals surface area contributed by atoms with Gasteiger partial charge in [-0.15, -0.1) is 0 Å². The van der Waals surface area contributed by atoms with Crippen molar-refractivity contribution in [2.24, 2.45) is 0 Å². The van der Waals surface area contributed by atoms with E-state index in [2.05, 4.69) is 31.5 Å². The second-order valence-corrected chi connectivity index (χ2v) is 9.43. The number of carbonyl (C=O) groups excluding carboxylic acids is 2. The molecule has 5 rings (SSSR count). The number of hydrazine groups is 1. The first kappa shape index (κ1) is 22.5. The first-order valence-electron chi connectivity index (χ1n) is 10.1. The van der Waals surface area contributed by atoms with Gasteiger partial charge in [-0.05, 0) is 54.6 Å². The smallest absolute Gasteiger partial charge is 0.317 e. The summed E-state index contributed by atoms with van der Waals surface area (Å²) in [6, 6.07) is 20.3. The largest absolute Gasteiger partial charge is 0.322 e. The maximum Gasteiger partial charge on any atom is 0.317 e. The summed E-state index contributed by atoms with van der Waals surface area (Å²) in [7, 11) is 0. The van der Waals surface area contributed by atoms with Gasteiger partial charge in [0.25, 0.3) is 5.91 Å². The summed E-state index contributed by atoms with van der Waals surface area (Å²) in [5, 5.41) is 0.899. The van der Waals surface area contributed by atoms with Crippen LogP contribution >= 0.6 is 39.5 Å². The molecule has 0 radical (unpaired) electrons. The number of halogens is 2. The minimum Gasteiger partial charge on any atom is -0.322 e. The van der Waals surface area contributed by atoms with Crippen LogP contribution in [-0.4, -0.2) is 25.7 Å². The van der Waals surface area contributed by atoms with Gasteiger partial charge in [0.2, 0.25) is 0 Å². The molecule has 2 aromatic heterocycles. The van der Waals surface area contributed by atoms with Crippen LogP contribution in [0.25, 0.3) is 33.1 Å². The van der Waals surface area contributed by atoms with E-state index in [-0.39, 0.29) is 6.54 Å². The number of anilines is 1. The van der Waals surface area contributed by atoms with Gasteiger partial charge in [0, 0.05) is 32.5 Å². The molecule has 0 aliphatic carbocycles. The van der Waals surface area contributed by atoms with Crippen LogP contribution in [0.4, 0.5) is 10.5 Å². The molecule has 34 heavy (non-hydrogen) atoms. The number of nitrogens with zero attached hydrogens (tertiary/aromatic N) is 3. The number of carbonyl (C=O) groups is 2. The zero-order valence-corrected chi connectivity index (χ0v) is 20.5. The topological polar surface area (TPSA) is 101 Å². The summed E-state index contributed by atoms with van der Waals surface area (Å²) >= 11 is 10.4. The molecule has 170 valence electrons. The maximum absolute atomic E-state index is 12.7. The summed E-state index contributed by atoms with van der Waals surface area (Å²) in [6.45, 7) is -0.0697. The van der Waals surface area contributed by atoms with Gasteiger partial charge < -0.3 is 9.29 Å². The van der Waals surface area contributed by atoms with Crippen molar-refractivity contribution in [3.8, 4) is 0 Å². The molecule has 11 heteroatoms. The Morgan fingerprint density at radius 3 is 2.47 bits per heavy atom. The zero-order valence-electron chi connectivity index (χ0n) is 17.4. The highest BCUT2D eigenvalue weighted by Gasteiger charge is 2.17. The molecule has 8 nitrogen and oxygen atoms in total. The molecule has 0 saturated heterocycles. The molecule has 0 bridgehead atoms. The number of benzene rings is 3. The van der Waals surface area contributed by atoms with Crippen molar-refractivity contribution in [2.45, 2.75) is 6.54 Å². The maximum atomic E-state index is 12.7. The van der Waals surface area contributed by atoms with Crippen molar-refractivity contribution in [3.63, 3.8) is 0 Å². The molecule has 3 aromatic carbocycles. The van der Waals surface area contributed by atoms with Gasteiger partial charge in [-0.1, -0.05) is 39.7 Å². The molecule has 0 unspecified atom stereocenters. The highest BCUT2D eigenvalue weighted by atomic mass is 79.9. The molecule has 2 heterocycles. The van der Waals surface area contributed by atoms with Crippen molar-refractivity contribution in [1.29, 1.82) is 0 Å². The molecule has 0 atom stereocenters. The van der Waals surface area contributed by atoms with E-state index in [1.165, 1.54) is 0 Å². The summed E-state index contributed by atoms with van der Waals surface area (Å²) in [4.78, 5) is 34.3. The SMILES string of the molecule is O=C(Cn1c2ccc(Cl)cc2c2nc3ccccc3nc21)NNC(=O)SNc1ccc(Br)cc1. The number of rotatable bonds is 4. The van der Waals surface area contributed by atoms with Crippen LogP contribution in [0.3, 0.4) is 0 Å². The second kappa shape index (κ2) is 9.49. The van der Waals surface area contributed by atoms with E-state index in [1.54, 1.807) is 10.6 Å². The summed E-state index contributed by atoms with van der Waals surface area (Å²) in [5.74, 6) is -0.415. The normalized spacial score (nSPS) is 11.1. The van der Waals surface area contributed by atoms with Gasteiger partial charge in [-0.25, -0.2) is 9.97 Å². The minimum atomic E-state index is -0.462. The number of amides is 2. The van der Waals surface area contributed by atoms with Crippen molar-refractivity contribution in [2.75, 3.05) is 4.72 Å². The van der Waals surface area contributed by atoms with Crippen molar-refractivity contribution in [1.82, 2.24) is 25.4 Å². The summed E-state index contributed by atoms with van der Waals surface area (Å²) in [5.41, 5.74) is 9.04. The predicted octanol–water partition coefficient (Wildman–Crippen LogP) is 5.65. The van der Waals surface area contributed by atoms with Gasteiger partial charge in [0.15, 0.2) is 5.65 Å². The monoisotopic (exact) mass is 554 g/mol. The molecule has 0 saturated carbocycles. The van der Waals surface area contributed by atoms with Gasteiger partial charge in [0.05, 0.1) is 16.6 Å². The number of hydrogen-bond acceptors (Lipinski definition) is 6. The molecule has 0 aliphatic heterocycles. The van der Waals surface area contributed by atoms with Crippen molar-refractivity contribution >= 4 is 89.4 Å². The van der Waals surface area contributed by atoms with Crippen LogP contribution in [0, 0.1) is 0 Å². The number of nitrogens with one attached hydrogen (secondary N) is 3. The van der Waals surface area contributed by atoms with Crippen LogP contribution in [0.2, 0.25) is 5.02 Å². The molecule has 0 aliphatic rings. The van der Waals surface area contributed by atoms with Gasteiger partial charge in [-0.3, -0.25) is 20.4 Å². The Morgan fingerprint density at radius 2 is 1.71 bits per heavy atom. The van der Waals surface area contributed by atoms with E-state index in [0.29, 0.717) is 21.7 Å².